The fraction of sp³-hybridized carbons (Fsp3) is 0.308. The fourth-order valence-corrected chi connectivity index (χ4v) is 2.23. The predicted octanol–water partition coefficient (Wildman–Crippen LogP) is 1.84. The second-order valence-electron chi connectivity index (χ2n) is 3.93. The molecule has 1 aromatic carbocycles. The number of nitrogens with zero attached hydrogens (tertiary/aromatic N) is 1. The van der Waals surface area contributed by atoms with Crippen molar-refractivity contribution in [3.63, 3.8) is 0 Å². The van der Waals surface area contributed by atoms with Crippen LogP contribution in [-0.2, 0) is 13.0 Å². The topological polar surface area (TPSA) is 45.1 Å². The first-order valence-electron chi connectivity index (χ1n) is 5.63. The molecule has 1 atom stereocenters. The molecule has 0 bridgehead atoms. The Morgan fingerprint density at radius 2 is 2.12 bits per heavy atom. The Bertz CT molecular complexity index is 416. The Morgan fingerprint density at radius 1 is 1.29 bits per heavy atom. The number of hydrogen-bond acceptors (Lipinski definition) is 4. The summed E-state index contributed by atoms with van der Waals surface area (Å²) in [5.74, 6) is 0. The third kappa shape index (κ3) is 3.93. The molecular weight excluding hydrogens is 232 g/mol. The maximum atomic E-state index is 9.34. The average molecular weight is 248 g/mol. The van der Waals surface area contributed by atoms with E-state index in [1.54, 1.807) is 11.3 Å². The molecule has 0 fully saturated rings. The van der Waals surface area contributed by atoms with E-state index in [1.807, 2.05) is 29.1 Å². The van der Waals surface area contributed by atoms with Crippen LogP contribution in [0, 0.1) is 0 Å². The Kier molecular flexibility index (Phi) is 4.67. The van der Waals surface area contributed by atoms with Crippen molar-refractivity contribution in [3.8, 4) is 0 Å². The Morgan fingerprint density at radius 3 is 2.76 bits per heavy atom. The molecule has 0 spiro atoms. The minimum atomic E-state index is 0.0825. The first-order valence-corrected chi connectivity index (χ1v) is 6.58. The molecule has 2 rings (SSSR count). The van der Waals surface area contributed by atoms with Gasteiger partial charge in [0.2, 0.25) is 0 Å². The molecule has 0 saturated carbocycles. The molecule has 17 heavy (non-hydrogen) atoms. The highest BCUT2D eigenvalue weighted by Crippen LogP contribution is 2.05. The number of thiazole rings is 1. The van der Waals surface area contributed by atoms with Gasteiger partial charge in [0.15, 0.2) is 0 Å². The second-order valence-corrected chi connectivity index (χ2v) is 4.65. The van der Waals surface area contributed by atoms with E-state index < -0.39 is 0 Å². The van der Waals surface area contributed by atoms with Gasteiger partial charge in [0.1, 0.15) is 0 Å². The minimum absolute atomic E-state index is 0.0825. The summed E-state index contributed by atoms with van der Waals surface area (Å²) in [5.41, 5.74) is 4.08. The van der Waals surface area contributed by atoms with Crippen LogP contribution < -0.4 is 5.32 Å². The van der Waals surface area contributed by atoms with Gasteiger partial charge >= 0.3 is 0 Å². The second kappa shape index (κ2) is 6.49. The van der Waals surface area contributed by atoms with Crippen LogP contribution in [0.15, 0.2) is 41.2 Å². The Labute approximate surface area is 105 Å². The number of rotatable bonds is 6. The molecule has 2 aromatic rings. The highest BCUT2D eigenvalue weighted by Gasteiger charge is 2.08. The average Bonchev–Trinajstić information content (AvgIpc) is 2.89. The van der Waals surface area contributed by atoms with E-state index >= 15 is 0 Å². The molecule has 0 saturated heterocycles. The zero-order valence-electron chi connectivity index (χ0n) is 9.54. The molecule has 2 N–H and O–H groups in total. The summed E-state index contributed by atoms with van der Waals surface area (Å²) >= 11 is 1.59. The molecule has 0 radical (unpaired) electrons. The summed E-state index contributed by atoms with van der Waals surface area (Å²) in [6, 6.07) is 10.3. The molecule has 0 amide bonds. The highest BCUT2D eigenvalue weighted by atomic mass is 32.1. The van der Waals surface area contributed by atoms with E-state index in [9.17, 15) is 5.11 Å². The zero-order chi connectivity index (χ0) is 11.9. The van der Waals surface area contributed by atoms with Crippen LogP contribution in [0.25, 0.3) is 0 Å². The van der Waals surface area contributed by atoms with Crippen LogP contribution >= 0.6 is 11.3 Å². The van der Waals surface area contributed by atoms with Crippen molar-refractivity contribution in [1.82, 2.24) is 10.3 Å². The van der Waals surface area contributed by atoms with Gasteiger partial charge in [-0.05, 0) is 12.0 Å². The van der Waals surface area contributed by atoms with Crippen LogP contribution in [0.4, 0.5) is 0 Å². The van der Waals surface area contributed by atoms with Crippen molar-refractivity contribution in [1.29, 1.82) is 0 Å². The van der Waals surface area contributed by atoms with Crippen molar-refractivity contribution in [3.05, 3.63) is 52.5 Å². The van der Waals surface area contributed by atoms with Gasteiger partial charge in [0, 0.05) is 18.0 Å². The molecule has 0 unspecified atom stereocenters. The number of aromatic nitrogens is 1. The quantitative estimate of drug-likeness (QED) is 0.820. The van der Waals surface area contributed by atoms with Gasteiger partial charge < -0.3 is 10.4 Å². The van der Waals surface area contributed by atoms with Crippen molar-refractivity contribution in [2.45, 2.75) is 19.0 Å². The van der Waals surface area contributed by atoms with E-state index in [0.29, 0.717) is 6.54 Å². The van der Waals surface area contributed by atoms with Crippen LogP contribution in [0.5, 0.6) is 0 Å². The maximum absolute atomic E-state index is 9.34. The predicted molar refractivity (Wildman–Crippen MR) is 70.0 cm³/mol. The standard InChI is InChI=1S/C13H16N2OS/c16-8-12(6-11-4-2-1-3-5-11)14-7-13-9-17-10-15-13/h1-5,9-10,12,14,16H,6-8H2/t12-/m1/s1. The monoisotopic (exact) mass is 248 g/mol. The third-order valence-corrected chi connectivity index (χ3v) is 3.24. The molecular formula is C13H16N2OS. The first kappa shape index (κ1) is 12.2. The highest BCUT2D eigenvalue weighted by molar-refractivity contribution is 7.07. The lowest BCUT2D eigenvalue weighted by molar-refractivity contribution is 0.240. The Balaban J connectivity index is 1.85. The fourth-order valence-electron chi connectivity index (χ4n) is 1.67. The normalized spacial score (nSPS) is 12.5. The smallest absolute Gasteiger partial charge is 0.0795 e. The number of benzene rings is 1. The van der Waals surface area contributed by atoms with Gasteiger partial charge in [0.05, 0.1) is 17.8 Å². The van der Waals surface area contributed by atoms with E-state index in [0.717, 1.165) is 12.1 Å². The number of aliphatic hydroxyl groups excluding tert-OH is 1. The lowest BCUT2D eigenvalue weighted by Crippen LogP contribution is -2.34. The largest absolute Gasteiger partial charge is 0.395 e. The lowest BCUT2D eigenvalue weighted by Gasteiger charge is -2.15. The molecule has 0 aliphatic rings. The van der Waals surface area contributed by atoms with Crippen molar-refractivity contribution < 1.29 is 5.11 Å². The van der Waals surface area contributed by atoms with Crippen LogP contribution in [0.2, 0.25) is 0 Å². The first-order chi connectivity index (χ1) is 8.38. The SMILES string of the molecule is OC[C@@H](Cc1ccccc1)NCc1cscn1. The summed E-state index contributed by atoms with van der Waals surface area (Å²) in [7, 11) is 0. The van der Waals surface area contributed by atoms with Gasteiger partial charge in [-0.15, -0.1) is 11.3 Å². The zero-order valence-corrected chi connectivity index (χ0v) is 10.4. The van der Waals surface area contributed by atoms with Crippen molar-refractivity contribution >= 4 is 11.3 Å². The van der Waals surface area contributed by atoms with Crippen LogP contribution in [0.1, 0.15) is 11.3 Å². The van der Waals surface area contributed by atoms with E-state index in [4.69, 9.17) is 0 Å². The summed E-state index contributed by atoms with van der Waals surface area (Å²) in [4.78, 5) is 4.20. The molecule has 1 aromatic heterocycles. The number of nitrogens with one attached hydrogen (secondary N) is 1. The molecule has 0 aliphatic heterocycles. The molecule has 90 valence electrons. The van der Waals surface area contributed by atoms with Gasteiger partial charge in [0.25, 0.3) is 0 Å². The van der Waals surface area contributed by atoms with Gasteiger partial charge in [-0.3, -0.25) is 0 Å². The number of hydrogen-bond donors (Lipinski definition) is 2. The molecule has 4 heteroatoms. The van der Waals surface area contributed by atoms with Gasteiger partial charge in [-0.1, -0.05) is 30.3 Å². The van der Waals surface area contributed by atoms with Gasteiger partial charge in [-0.25, -0.2) is 4.98 Å². The third-order valence-electron chi connectivity index (χ3n) is 2.60. The number of aliphatic hydroxyl groups is 1. The van der Waals surface area contributed by atoms with Gasteiger partial charge in [-0.2, -0.15) is 0 Å². The van der Waals surface area contributed by atoms with Crippen LogP contribution in [-0.4, -0.2) is 22.7 Å². The molecule has 0 aliphatic carbocycles. The lowest BCUT2D eigenvalue weighted by atomic mass is 10.1. The minimum Gasteiger partial charge on any atom is -0.395 e. The summed E-state index contributed by atoms with van der Waals surface area (Å²) in [6.07, 6.45) is 0.835. The molecule has 1 heterocycles. The Hall–Kier alpha value is -1.23. The molecule has 3 nitrogen and oxygen atoms in total. The van der Waals surface area contributed by atoms with Crippen LogP contribution in [0.3, 0.4) is 0 Å². The van der Waals surface area contributed by atoms with E-state index in [1.165, 1.54) is 5.56 Å². The van der Waals surface area contributed by atoms with Crippen molar-refractivity contribution in [2.75, 3.05) is 6.61 Å². The van der Waals surface area contributed by atoms with E-state index in [2.05, 4.69) is 22.4 Å². The summed E-state index contributed by atoms with van der Waals surface area (Å²) in [6.45, 7) is 0.848. The van der Waals surface area contributed by atoms with Crippen molar-refractivity contribution in [2.24, 2.45) is 0 Å². The van der Waals surface area contributed by atoms with E-state index in [-0.39, 0.29) is 12.6 Å². The summed E-state index contributed by atoms with van der Waals surface area (Å²) < 4.78 is 0. The maximum Gasteiger partial charge on any atom is 0.0795 e. The summed E-state index contributed by atoms with van der Waals surface area (Å²) in [5, 5.41) is 14.7.